The number of guanidine groups is 1. The van der Waals surface area contributed by atoms with Gasteiger partial charge in [0.15, 0.2) is 17.5 Å². The minimum Gasteiger partial charge on any atom is -0.493 e. The Kier molecular flexibility index (Phi) is 7.37. The van der Waals surface area contributed by atoms with Crippen LogP contribution in [-0.4, -0.2) is 69.8 Å². The standard InChI is InChI=1S/C19H32N4O2/c1-6-20-19(21-9-11-22(3)7-2)23-10-8-15-12-17(24-4)18(25-5)13-16(15)14-23/h12-13H,6-11,14H2,1-5H3,(H,20,21). The highest BCUT2D eigenvalue weighted by atomic mass is 16.5. The van der Waals surface area contributed by atoms with Gasteiger partial charge in [-0.25, -0.2) is 0 Å². The second-order valence-electron chi connectivity index (χ2n) is 6.28. The van der Waals surface area contributed by atoms with Crippen LogP contribution in [0.4, 0.5) is 0 Å². The van der Waals surface area contributed by atoms with E-state index in [-0.39, 0.29) is 0 Å². The number of ether oxygens (including phenoxy) is 2. The van der Waals surface area contributed by atoms with E-state index >= 15 is 0 Å². The molecule has 25 heavy (non-hydrogen) atoms. The van der Waals surface area contributed by atoms with Crippen molar-refractivity contribution in [3.63, 3.8) is 0 Å². The summed E-state index contributed by atoms with van der Waals surface area (Å²) in [6.45, 7) is 9.77. The van der Waals surface area contributed by atoms with Crippen molar-refractivity contribution in [2.45, 2.75) is 26.8 Å². The molecular weight excluding hydrogens is 316 g/mol. The van der Waals surface area contributed by atoms with E-state index in [4.69, 9.17) is 14.5 Å². The van der Waals surface area contributed by atoms with E-state index in [2.05, 4.69) is 48.1 Å². The van der Waals surface area contributed by atoms with Crippen molar-refractivity contribution in [3.05, 3.63) is 23.3 Å². The number of methoxy groups -OCH3 is 2. The first-order valence-electron chi connectivity index (χ1n) is 9.08. The Morgan fingerprint density at radius 1 is 1.20 bits per heavy atom. The molecule has 0 bridgehead atoms. The molecule has 1 aliphatic rings. The van der Waals surface area contributed by atoms with Crippen LogP contribution in [0.2, 0.25) is 0 Å². The average Bonchev–Trinajstić information content (AvgIpc) is 2.65. The molecule has 2 rings (SSSR count). The van der Waals surface area contributed by atoms with Crippen molar-refractivity contribution >= 4 is 5.96 Å². The van der Waals surface area contributed by atoms with Crippen LogP contribution in [0.1, 0.15) is 25.0 Å². The third kappa shape index (κ3) is 5.01. The van der Waals surface area contributed by atoms with Gasteiger partial charge < -0.3 is 24.6 Å². The van der Waals surface area contributed by atoms with Crippen molar-refractivity contribution in [3.8, 4) is 11.5 Å². The van der Waals surface area contributed by atoms with Gasteiger partial charge in [0.05, 0.1) is 20.8 Å². The van der Waals surface area contributed by atoms with Crippen LogP contribution in [0, 0.1) is 0 Å². The second-order valence-corrected chi connectivity index (χ2v) is 6.28. The van der Waals surface area contributed by atoms with E-state index in [0.717, 1.165) is 63.1 Å². The number of hydrogen-bond donors (Lipinski definition) is 1. The minimum absolute atomic E-state index is 0.787. The van der Waals surface area contributed by atoms with Gasteiger partial charge in [0, 0.05) is 26.2 Å². The lowest BCUT2D eigenvalue weighted by Gasteiger charge is -2.32. The van der Waals surface area contributed by atoms with Gasteiger partial charge in [-0.05, 0) is 50.2 Å². The minimum atomic E-state index is 0.787. The maximum atomic E-state index is 5.45. The molecule has 0 amide bonds. The number of fused-ring (bicyclic) bond motifs is 1. The number of benzene rings is 1. The van der Waals surface area contributed by atoms with E-state index in [9.17, 15) is 0 Å². The smallest absolute Gasteiger partial charge is 0.194 e. The summed E-state index contributed by atoms with van der Waals surface area (Å²) in [6.07, 6.45) is 0.981. The zero-order chi connectivity index (χ0) is 18.2. The first-order valence-corrected chi connectivity index (χ1v) is 9.08. The first-order chi connectivity index (χ1) is 12.1. The lowest BCUT2D eigenvalue weighted by Crippen LogP contribution is -2.44. The molecule has 0 unspecified atom stereocenters. The Balaban J connectivity index is 2.13. The molecule has 0 aromatic heterocycles. The molecule has 0 atom stereocenters. The van der Waals surface area contributed by atoms with Crippen LogP contribution in [0.3, 0.4) is 0 Å². The number of aliphatic imine (C=N–C) groups is 1. The highest BCUT2D eigenvalue weighted by molar-refractivity contribution is 5.80. The molecule has 140 valence electrons. The summed E-state index contributed by atoms with van der Waals surface area (Å²) < 4.78 is 10.9. The van der Waals surface area contributed by atoms with Crippen LogP contribution >= 0.6 is 0 Å². The fraction of sp³-hybridized carbons (Fsp3) is 0.632. The summed E-state index contributed by atoms with van der Waals surface area (Å²) in [5.74, 6) is 2.58. The van der Waals surface area contributed by atoms with Crippen molar-refractivity contribution in [1.29, 1.82) is 0 Å². The molecule has 6 nitrogen and oxygen atoms in total. The van der Waals surface area contributed by atoms with E-state index in [1.807, 2.05) is 0 Å². The van der Waals surface area contributed by atoms with Gasteiger partial charge in [-0.15, -0.1) is 0 Å². The Hall–Kier alpha value is -1.95. The first kappa shape index (κ1) is 19.4. The molecule has 0 fully saturated rings. The van der Waals surface area contributed by atoms with Gasteiger partial charge in [0.1, 0.15) is 0 Å². The molecule has 1 aliphatic heterocycles. The molecule has 1 heterocycles. The quantitative estimate of drug-likeness (QED) is 0.603. The number of nitrogens with zero attached hydrogens (tertiary/aromatic N) is 3. The summed E-state index contributed by atoms with van der Waals surface area (Å²) in [6, 6.07) is 4.19. The zero-order valence-electron chi connectivity index (χ0n) is 16.3. The number of likely N-dealkylation sites (N-methyl/N-ethyl adjacent to an activating group) is 1. The average molecular weight is 348 g/mol. The van der Waals surface area contributed by atoms with Gasteiger partial charge in [-0.3, -0.25) is 4.99 Å². The summed E-state index contributed by atoms with van der Waals surface area (Å²) in [5.41, 5.74) is 2.61. The lowest BCUT2D eigenvalue weighted by molar-refractivity contribution is 0.344. The van der Waals surface area contributed by atoms with Gasteiger partial charge in [-0.1, -0.05) is 6.92 Å². The summed E-state index contributed by atoms with van der Waals surface area (Å²) in [7, 11) is 5.49. The van der Waals surface area contributed by atoms with E-state index in [1.165, 1.54) is 11.1 Å². The predicted octanol–water partition coefficient (Wildman–Crippen LogP) is 1.98. The molecule has 6 heteroatoms. The normalized spacial score (nSPS) is 14.5. The Morgan fingerprint density at radius 2 is 1.88 bits per heavy atom. The molecule has 0 saturated carbocycles. The van der Waals surface area contributed by atoms with Crippen LogP contribution < -0.4 is 14.8 Å². The number of hydrogen-bond acceptors (Lipinski definition) is 4. The summed E-state index contributed by atoms with van der Waals surface area (Å²) in [5, 5.41) is 3.43. The van der Waals surface area contributed by atoms with E-state index in [1.54, 1.807) is 14.2 Å². The summed E-state index contributed by atoms with van der Waals surface area (Å²) >= 11 is 0. The highest BCUT2D eigenvalue weighted by Gasteiger charge is 2.21. The third-order valence-electron chi connectivity index (χ3n) is 4.64. The van der Waals surface area contributed by atoms with Crippen LogP contribution in [0.15, 0.2) is 17.1 Å². The zero-order valence-corrected chi connectivity index (χ0v) is 16.3. The van der Waals surface area contributed by atoms with Crippen LogP contribution in [-0.2, 0) is 13.0 Å². The van der Waals surface area contributed by atoms with Gasteiger partial charge in [-0.2, -0.15) is 0 Å². The van der Waals surface area contributed by atoms with Crippen LogP contribution in [0.25, 0.3) is 0 Å². The van der Waals surface area contributed by atoms with Crippen LogP contribution in [0.5, 0.6) is 11.5 Å². The number of nitrogens with one attached hydrogen (secondary N) is 1. The maximum absolute atomic E-state index is 5.45. The van der Waals surface area contributed by atoms with Gasteiger partial charge in [0.25, 0.3) is 0 Å². The predicted molar refractivity (Wildman–Crippen MR) is 103 cm³/mol. The van der Waals surface area contributed by atoms with Gasteiger partial charge in [0.2, 0.25) is 0 Å². The van der Waals surface area contributed by atoms with Crippen molar-refractivity contribution in [2.24, 2.45) is 4.99 Å². The molecule has 0 aliphatic carbocycles. The molecule has 0 radical (unpaired) electrons. The van der Waals surface area contributed by atoms with Crippen molar-refractivity contribution in [1.82, 2.24) is 15.1 Å². The largest absolute Gasteiger partial charge is 0.493 e. The third-order valence-corrected chi connectivity index (χ3v) is 4.64. The second kappa shape index (κ2) is 9.51. The monoisotopic (exact) mass is 348 g/mol. The molecule has 0 spiro atoms. The Bertz CT molecular complexity index is 589. The highest BCUT2D eigenvalue weighted by Crippen LogP contribution is 2.33. The molecule has 1 aromatic carbocycles. The van der Waals surface area contributed by atoms with Crippen molar-refractivity contribution in [2.75, 3.05) is 54.0 Å². The number of rotatable bonds is 7. The SMILES string of the molecule is CCNC(=NCCN(C)CC)N1CCc2cc(OC)c(OC)cc2C1. The molecule has 0 saturated heterocycles. The fourth-order valence-electron chi connectivity index (χ4n) is 2.97. The topological polar surface area (TPSA) is 49.3 Å². The summed E-state index contributed by atoms with van der Waals surface area (Å²) in [4.78, 5) is 9.40. The van der Waals surface area contributed by atoms with Crippen molar-refractivity contribution < 1.29 is 9.47 Å². The fourth-order valence-corrected chi connectivity index (χ4v) is 2.97. The maximum Gasteiger partial charge on any atom is 0.194 e. The molecule has 1 N–H and O–H groups in total. The Morgan fingerprint density at radius 3 is 2.48 bits per heavy atom. The Labute approximate surface area is 151 Å². The molecule has 1 aromatic rings. The van der Waals surface area contributed by atoms with Gasteiger partial charge >= 0.3 is 0 Å². The molecular formula is C19H32N4O2. The van der Waals surface area contributed by atoms with E-state index < -0.39 is 0 Å². The van der Waals surface area contributed by atoms with E-state index in [0.29, 0.717) is 0 Å². The lowest BCUT2D eigenvalue weighted by atomic mass is 9.99.